The van der Waals surface area contributed by atoms with Gasteiger partial charge in [-0.15, -0.1) is 0 Å². The Hall–Kier alpha value is -0.490. The molecule has 0 N–H and O–H groups in total. The van der Waals surface area contributed by atoms with Crippen molar-refractivity contribution in [1.29, 1.82) is 0 Å². The van der Waals surface area contributed by atoms with Crippen LogP contribution in [0.4, 0.5) is 8.78 Å². The monoisotopic (exact) mass is 244 g/mol. The molecule has 0 amide bonds. The van der Waals surface area contributed by atoms with Gasteiger partial charge in [0.2, 0.25) is 0 Å². The fraction of sp³-hybridized carbons (Fsp3) is 0.538. The highest BCUT2D eigenvalue weighted by Gasteiger charge is 2.16. The van der Waals surface area contributed by atoms with Gasteiger partial charge in [0.05, 0.1) is 0 Å². The molecular weight excluding hydrogens is 225 g/mol. The van der Waals surface area contributed by atoms with E-state index in [4.69, 9.17) is 0 Å². The first-order chi connectivity index (χ1) is 7.70. The summed E-state index contributed by atoms with van der Waals surface area (Å²) >= 11 is 0. The lowest BCUT2D eigenvalue weighted by Crippen LogP contribution is -2.12. The van der Waals surface area contributed by atoms with Gasteiger partial charge in [-0.05, 0) is 24.8 Å². The number of hydrogen-bond acceptors (Lipinski definition) is 0. The molecule has 1 aromatic carbocycles. The van der Waals surface area contributed by atoms with Crippen molar-refractivity contribution in [3.05, 3.63) is 29.8 Å². The van der Waals surface area contributed by atoms with Crippen molar-refractivity contribution in [1.82, 2.24) is 0 Å². The van der Waals surface area contributed by atoms with Crippen LogP contribution in [-0.4, -0.2) is 12.3 Å². The quantitative estimate of drug-likeness (QED) is 0.655. The molecule has 3 heteroatoms. The average Bonchev–Trinajstić information content (AvgIpc) is 2.28. The van der Waals surface area contributed by atoms with E-state index in [1.807, 2.05) is 0 Å². The van der Waals surface area contributed by atoms with Gasteiger partial charge >= 0.3 is 0 Å². The van der Waals surface area contributed by atoms with Gasteiger partial charge in [-0.1, -0.05) is 46.7 Å². The Morgan fingerprint density at radius 2 is 1.81 bits per heavy atom. The average molecular weight is 244 g/mol. The van der Waals surface area contributed by atoms with Gasteiger partial charge in [0, 0.05) is 5.30 Å². The summed E-state index contributed by atoms with van der Waals surface area (Å²) in [5.74, 6) is -1.34. The fourth-order valence-electron chi connectivity index (χ4n) is 1.71. The normalized spacial score (nSPS) is 12.8. The minimum Gasteiger partial charge on any atom is -0.204 e. The van der Waals surface area contributed by atoms with Crippen molar-refractivity contribution < 1.29 is 8.78 Å². The third-order valence-corrected chi connectivity index (χ3v) is 5.42. The van der Waals surface area contributed by atoms with Gasteiger partial charge < -0.3 is 0 Å². The zero-order chi connectivity index (χ0) is 12.0. The van der Waals surface area contributed by atoms with Crippen molar-refractivity contribution in [2.75, 3.05) is 12.3 Å². The number of hydrogen-bond donors (Lipinski definition) is 0. The van der Waals surface area contributed by atoms with Crippen molar-refractivity contribution in [2.45, 2.75) is 33.1 Å². The minimum atomic E-state index is -0.711. The van der Waals surface area contributed by atoms with Crippen LogP contribution in [-0.2, 0) is 0 Å². The molecule has 1 rings (SSSR count). The van der Waals surface area contributed by atoms with E-state index in [0.717, 1.165) is 31.6 Å². The van der Waals surface area contributed by atoms with E-state index in [2.05, 4.69) is 13.8 Å². The van der Waals surface area contributed by atoms with Gasteiger partial charge in [-0.25, -0.2) is 8.78 Å². The first kappa shape index (κ1) is 13.6. The highest BCUT2D eigenvalue weighted by Crippen LogP contribution is 2.37. The predicted octanol–water partition coefficient (Wildman–Crippen LogP) is 4.28. The maximum atomic E-state index is 13.6. The molecule has 0 aliphatic rings. The van der Waals surface area contributed by atoms with Crippen LogP contribution in [0.2, 0.25) is 0 Å². The Labute approximate surface area is 97.8 Å². The molecule has 0 aliphatic carbocycles. The zero-order valence-electron chi connectivity index (χ0n) is 9.97. The second-order valence-corrected chi connectivity index (χ2v) is 6.37. The van der Waals surface area contributed by atoms with E-state index >= 15 is 0 Å². The van der Waals surface area contributed by atoms with E-state index in [-0.39, 0.29) is 0 Å². The molecule has 1 unspecified atom stereocenters. The van der Waals surface area contributed by atoms with Gasteiger partial charge in [0.1, 0.15) is 0 Å². The summed E-state index contributed by atoms with van der Waals surface area (Å²) < 4.78 is 26.8. The second kappa shape index (κ2) is 6.96. The SMILES string of the molecule is CCCCP(CCC)c1cccc(F)c1F. The number of rotatable bonds is 6. The van der Waals surface area contributed by atoms with Crippen molar-refractivity contribution >= 4 is 13.2 Å². The third kappa shape index (κ3) is 3.52. The van der Waals surface area contributed by atoms with Crippen LogP contribution >= 0.6 is 7.92 Å². The van der Waals surface area contributed by atoms with E-state index < -0.39 is 19.6 Å². The van der Waals surface area contributed by atoms with Gasteiger partial charge in [0.15, 0.2) is 11.6 Å². The molecule has 0 nitrogen and oxygen atoms in total. The van der Waals surface area contributed by atoms with Crippen molar-refractivity contribution in [2.24, 2.45) is 0 Å². The number of halogens is 2. The summed E-state index contributed by atoms with van der Waals surface area (Å²) in [4.78, 5) is 0. The highest BCUT2D eigenvalue weighted by molar-refractivity contribution is 7.65. The maximum Gasteiger partial charge on any atom is 0.166 e. The minimum absolute atomic E-state index is 0.514. The van der Waals surface area contributed by atoms with Crippen molar-refractivity contribution in [3.63, 3.8) is 0 Å². The lowest BCUT2D eigenvalue weighted by Gasteiger charge is -2.17. The van der Waals surface area contributed by atoms with Crippen LogP contribution < -0.4 is 5.30 Å². The molecule has 0 bridgehead atoms. The van der Waals surface area contributed by atoms with Crippen LogP contribution in [0.1, 0.15) is 33.1 Å². The lowest BCUT2D eigenvalue weighted by molar-refractivity contribution is 0.514. The summed E-state index contributed by atoms with van der Waals surface area (Å²) in [5.41, 5.74) is 0. The molecule has 0 aromatic heterocycles. The van der Waals surface area contributed by atoms with Gasteiger partial charge in [0.25, 0.3) is 0 Å². The summed E-state index contributed by atoms with van der Waals surface area (Å²) in [6.07, 6.45) is 5.25. The molecule has 0 aliphatic heterocycles. The van der Waals surface area contributed by atoms with Crippen LogP contribution in [0.25, 0.3) is 0 Å². The van der Waals surface area contributed by atoms with E-state index in [9.17, 15) is 8.78 Å². The summed E-state index contributed by atoms with van der Waals surface area (Å²) in [6, 6.07) is 4.55. The molecule has 0 saturated carbocycles. The zero-order valence-corrected chi connectivity index (χ0v) is 10.9. The Kier molecular flexibility index (Phi) is 5.90. The van der Waals surface area contributed by atoms with Crippen LogP contribution in [0, 0.1) is 11.6 Å². The molecule has 0 fully saturated rings. The molecule has 1 atom stereocenters. The van der Waals surface area contributed by atoms with Gasteiger partial charge in [-0.2, -0.15) is 0 Å². The Balaban J connectivity index is 2.86. The molecule has 1 aromatic rings. The summed E-state index contributed by atoms with van der Waals surface area (Å²) in [7, 11) is -0.514. The Bertz CT molecular complexity index is 326. The highest BCUT2D eigenvalue weighted by atomic mass is 31.1. The largest absolute Gasteiger partial charge is 0.204 e. The maximum absolute atomic E-state index is 13.6. The topological polar surface area (TPSA) is 0 Å². The molecule has 0 saturated heterocycles. The number of unbranched alkanes of at least 4 members (excludes halogenated alkanes) is 1. The van der Waals surface area contributed by atoms with E-state index in [1.165, 1.54) is 6.07 Å². The molecule has 16 heavy (non-hydrogen) atoms. The van der Waals surface area contributed by atoms with E-state index in [1.54, 1.807) is 12.1 Å². The Morgan fingerprint density at radius 1 is 1.06 bits per heavy atom. The fourth-order valence-corrected chi connectivity index (χ4v) is 4.33. The van der Waals surface area contributed by atoms with Gasteiger partial charge in [-0.3, -0.25) is 0 Å². The second-order valence-electron chi connectivity index (χ2n) is 3.91. The molecule has 0 radical (unpaired) electrons. The summed E-state index contributed by atoms with van der Waals surface area (Å²) in [6.45, 7) is 4.22. The van der Waals surface area contributed by atoms with Crippen LogP contribution in [0.15, 0.2) is 18.2 Å². The first-order valence-electron chi connectivity index (χ1n) is 5.89. The first-order valence-corrected chi connectivity index (χ1v) is 7.60. The standard InChI is InChI=1S/C13H19F2P/c1-3-5-10-16(9-4-2)12-8-6-7-11(14)13(12)15/h6-8H,3-5,9-10H2,1-2H3. The van der Waals surface area contributed by atoms with E-state index in [0.29, 0.717) is 5.30 Å². The molecule has 0 heterocycles. The number of benzene rings is 1. The predicted molar refractivity (Wildman–Crippen MR) is 67.8 cm³/mol. The molecule has 0 spiro atoms. The van der Waals surface area contributed by atoms with Crippen LogP contribution in [0.3, 0.4) is 0 Å². The van der Waals surface area contributed by atoms with Crippen LogP contribution in [0.5, 0.6) is 0 Å². The summed E-state index contributed by atoms with van der Waals surface area (Å²) in [5, 5.41) is 0.616. The molecule has 90 valence electrons. The molecular formula is C13H19F2P. The lowest BCUT2D eigenvalue weighted by atomic mass is 10.3. The third-order valence-electron chi connectivity index (χ3n) is 2.55. The smallest absolute Gasteiger partial charge is 0.166 e. The Morgan fingerprint density at radius 3 is 2.44 bits per heavy atom. The van der Waals surface area contributed by atoms with Crippen molar-refractivity contribution in [3.8, 4) is 0 Å².